The Hall–Kier alpha value is -2.11. The van der Waals surface area contributed by atoms with Crippen LogP contribution in [0.2, 0.25) is 0 Å². The van der Waals surface area contributed by atoms with Gasteiger partial charge in [0.15, 0.2) is 0 Å². The van der Waals surface area contributed by atoms with Gasteiger partial charge in [-0.1, -0.05) is 12.1 Å². The van der Waals surface area contributed by atoms with Gasteiger partial charge in [-0.25, -0.2) is 4.98 Å². The fourth-order valence-corrected chi connectivity index (χ4v) is 1.41. The molecule has 1 aromatic heterocycles. The van der Waals surface area contributed by atoms with Crippen LogP contribution in [0, 0.1) is 0 Å². The Morgan fingerprint density at radius 3 is 2.41 bits per heavy atom. The minimum absolute atomic E-state index is 0.104. The van der Waals surface area contributed by atoms with Crippen molar-refractivity contribution >= 4 is 5.82 Å². The summed E-state index contributed by atoms with van der Waals surface area (Å²) in [6.45, 7) is 0. The summed E-state index contributed by atoms with van der Waals surface area (Å²) < 4.78 is 37.6. The second kappa shape index (κ2) is 4.04. The summed E-state index contributed by atoms with van der Waals surface area (Å²) in [7, 11) is 0. The number of alkyl halides is 3. The van der Waals surface area contributed by atoms with Crippen molar-refractivity contribution in [3.63, 3.8) is 0 Å². The highest BCUT2D eigenvalue weighted by Gasteiger charge is 2.30. The van der Waals surface area contributed by atoms with Gasteiger partial charge in [-0.15, -0.1) is 0 Å². The number of hydrogen-bond donors (Lipinski definition) is 1. The Morgan fingerprint density at radius 1 is 1.06 bits per heavy atom. The Bertz CT molecular complexity index is 537. The van der Waals surface area contributed by atoms with E-state index in [0.29, 0.717) is 5.56 Å². The van der Waals surface area contributed by atoms with Crippen LogP contribution < -0.4 is 5.73 Å². The van der Waals surface area contributed by atoms with Gasteiger partial charge in [0.2, 0.25) is 0 Å². The molecule has 88 valence electrons. The lowest BCUT2D eigenvalue weighted by molar-refractivity contribution is -0.137. The van der Waals surface area contributed by atoms with E-state index in [0.717, 1.165) is 12.1 Å². The second-order valence-corrected chi connectivity index (χ2v) is 3.37. The van der Waals surface area contributed by atoms with Crippen LogP contribution >= 0.6 is 0 Å². The predicted molar refractivity (Wildman–Crippen MR) is 56.9 cm³/mol. The van der Waals surface area contributed by atoms with E-state index < -0.39 is 11.7 Å². The fraction of sp³-hybridized carbons (Fsp3) is 0.0909. The van der Waals surface area contributed by atoms with Crippen LogP contribution in [0.1, 0.15) is 5.56 Å². The average molecular weight is 239 g/mol. The SMILES string of the molecule is Nc1nccnc1-c1cccc(C(F)(F)F)c1. The van der Waals surface area contributed by atoms with Crippen molar-refractivity contribution in [2.75, 3.05) is 5.73 Å². The highest BCUT2D eigenvalue weighted by atomic mass is 19.4. The van der Waals surface area contributed by atoms with Gasteiger partial charge in [-0.3, -0.25) is 4.98 Å². The summed E-state index contributed by atoms with van der Waals surface area (Å²) in [4.78, 5) is 7.70. The van der Waals surface area contributed by atoms with Gasteiger partial charge in [-0.05, 0) is 12.1 Å². The van der Waals surface area contributed by atoms with Crippen molar-refractivity contribution in [1.29, 1.82) is 0 Å². The van der Waals surface area contributed by atoms with Crippen molar-refractivity contribution in [3.05, 3.63) is 42.2 Å². The molecular formula is C11H8F3N3. The van der Waals surface area contributed by atoms with Crippen LogP contribution in [0.3, 0.4) is 0 Å². The molecule has 0 amide bonds. The smallest absolute Gasteiger partial charge is 0.382 e. The predicted octanol–water partition coefficient (Wildman–Crippen LogP) is 2.74. The lowest BCUT2D eigenvalue weighted by Crippen LogP contribution is -2.05. The van der Waals surface area contributed by atoms with Gasteiger partial charge >= 0.3 is 6.18 Å². The Morgan fingerprint density at radius 2 is 1.76 bits per heavy atom. The van der Waals surface area contributed by atoms with E-state index >= 15 is 0 Å². The highest BCUT2D eigenvalue weighted by Crippen LogP contribution is 2.32. The molecule has 0 aliphatic heterocycles. The number of aromatic nitrogens is 2. The summed E-state index contributed by atoms with van der Waals surface area (Å²) in [5, 5.41) is 0. The van der Waals surface area contributed by atoms with Crippen molar-refractivity contribution in [1.82, 2.24) is 9.97 Å². The lowest BCUT2D eigenvalue weighted by atomic mass is 10.1. The van der Waals surface area contributed by atoms with Gasteiger partial charge in [0.1, 0.15) is 11.5 Å². The zero-order valence-corrected chi connectivity index (χ0v) is 8.57. The van der Waals surface area contributed by atoms with Crippen LogP contribution in [-0.2, 0) is 6.18 Å². The van der Waals surface area contributed by atoms with Gasteiger partial charge in [0.25, 0.3) is 0 Å². The lowest BCUT2D eigenvalue weighted by Gasteiger charge is -2.09. The van der Waals surface area contributed by atoms with Gasteiger partial charge in [0.05, 0.1) is 5.56 Å². The molecular weight excluding hydrogens is 231 g/mol. The maximum Gasteiger partial charge on any atom is 0.416 e. The molecule has 1 aromatic carbocycles. The van der Waals surface area contributed by atoms with Crippen LogP contribution in [0.25, 0.3) is 11.3 Å². The number of hydrogen-bond acceptors (Lipinski definition) is 3. The zero-order valence-electron chi connectivity index (χ0n) is 8.57. The number of benzene rings is 1. The quantitative estimate of drug-likeness (QED) is 0.832. The van der Waals surface area contributed by atoms with E-state index in [4.69, 9.17) is 5.73 Å². The number of rotatable bonds is 1. The molecule has 6 heteroatoms. The third kappa shape index (κ3) is 2.35. The molecule has 0 aliphatic rings. The molecule has 0 unspecified atom stereocenters. The molecule has 17 heavy (non-hydrogen) atoms. The average Bonchev–Trinajstić information content (AvgIpc) is 2.29. The Balaban J connectivity index is 2.51. The van der Waals surface area contributed by atoms with E-state index in [1.54, 1.807) is 0 Å². The van der Waals surface area contributed by atoms with E-state index in [1.165, 1.54) is 24.5 Å². The van der Waals surface area contributed by atoms with Gasteiger partial charge in [-0.2, -0.15) is 13.2 Å². The van der Waals surface area contributed by atoms with Crippen molar-refractivity contribution in [2.24, 2.45) is 0 Å². The molecule has 0 spiro atoms. The minimum atomic E-state index is -4.38. The number of nitrogens with zero attached hydrogens (tertiary/aromatic N) is 2. The minimum Gasteiger partial charge on any atom is -0.382 e. The monoisotopic (exact) mass is 239 g/mol. The molecule has 0 saturated heterocycles. The summed E-state index contributed by atoms with van der Waals surface area (Å²) in [5.41, 5.74) is 5.37. The Kier molecular flexibility index (Phi) is 2.71. The van der Waals surface area contributed by atoms with Crippen LogP contribution in [0.4, 0.5) is 19.0 Å². The summed E-state index contributed by atoms with van der Waals surface area (Å²) in [5.74, 6) is 0.104. The molecule has 0 saturated carbocycles. The molecule has 3 nitrogen and oxygen atoms in total. The Labute approximate surface area is 95.1 Å². The van der Waals surface area contributed by atoms with Gasteiger partial charge < -0.3 is 5.73 Å². The number of anilines is 1. The first-order valence-corrected chi connectivity index (χ1v) is 4.72. The van der Waals surface area contributed by atoms with Crippen molar-refractivity contribution in [3.8, 4) is 11.3 Å². The molecule has 0 bridgehead atoms. The van der Waals surface area contributed by atoms with E-state index in [9.17, 15) is 13.2 Å². The third-order valence-electron chi connectivity index (χ3n) is 2.19. The van der Waals surface area contributed by atoms with Crippen LogP contribution in [-0.4, -0.2) is 9.97 Å². The standard InChI is InChI=1S/C11H8F3N3/c12-11(13,14)8-3-1-2-7(6-8)9-10(15)17-5-4-16-9/h1-6H,(H2,15,17). The van der Waals surface area contributed by atoms with Crippen molar-refractivity contribution in [2.45, 2.75) is 6.18 Å². The third-order valence-corrected chi connectivity index (χ3v) is 2.19. The molecule has 2 rings (SSSR count). The van der Waals surface area contributed by atoms with Crippen LogP contribution in [0.5, 0.6) is 0 Å². The maximum absolute atomic E-state index is 12.5. The summed E-state index contributed by atoms with van der Waals surface area (Å²) >= 11 is 0. The molecule has 2 N–H and O–H groups in total. The van der Waals surface area contributed by atoms with E-state index in [1.807, 2.05) is 0 Å². The molecule has 0 aliphatic carbocycles. The maximum atomic E-state index is 12.5. The first-order valence-electron chi connectivity index (χ1n) is 4.72. The molecule has 0 atom stereocenters. The highest BCUT2D eigenvalue weighted by molar-refractivity contribution is 5.69. The zero-order chi connectivity index (χ0) is 12.5. The normalized spacial score (nSPS) is 11.5. The summed E-state index contributed by atoms with van der Waals surface area (Å²) in [6.07, 6.45) is -1.62. The first kappa shape index (κ1) is 11.4. The van der Waals surface area contributed by atoms with E-state index in [-0.39, 0.29) is 11.5 Å². The topological polar surface area (TPSA) is 51.8 Å². The largest absolute Gasteiger partial charge is 0.416 e. The molecule has 0 radical (unpaired) electrons. The number of halogens is 3. The fourth-order valence-electron chi connectivity index (χ4n) is 1.41. The van der Waals surface area contributed by atoms with E-state index in [2.05, 4.69) is 9.97 Å². The summed E-state index contributed by atoms with van der Waals surface area (Å²) in [6, 6.07) is 4.82. The molecule has 2 aromatic rings. The van der Waals surface area contributed by atoms with Crippen molar-refractivity contribution < 1.29 is 13.2 Å². The molecule has 0 fully saturated rings. The van der Waals surface area contributed by atoms with Crippen LogP contribution in [0.15, 0.2) is 36.7 Å². The van der Waals surface area contributed by atoms with Gasteiger partial charge in [0, 0.05) is 18.0 Å². The first-order chi connectivity index (χ1) is 7.98. The number of nitrogens with two attached hydrogens (primary N) is 1. The molecule has 1 heterocycles. The number of nitrogen functional groups attached to an aromatic ring is 1. The second-order valence-electron chi connectivity index (χ2n) is 3.37.